The topological polar surface area (TPSA) is 20.3 Å². The van der Waals surface area contributed by atoms with Crippen LogP contribution in [0.2, 0.25) is 0 Å². The number of carbonyl (C=O) groups is 1. The normalized spacial score (nSPS) is 14.1. The van der Waals surface area contributed by atoms with Crippen molar-refractivity contribution in [3.8, 4) is 0 Å². The van der Waals surface area contributed by atoms with Crippen LogP contribution in [0.25, 0.3) is 0 Å². The molecule has 0 unspecified atom stereocenters. The van der Waals surface area contributed by atoms with Gasteiger partial charge in [-0.1, -0.05) is 35.4 Å². The van der Waals surface area contributed by atoms with Gasteiger partial charge in [-0.15, -0.1) is 0 Å². The van der Waals surface area contributed by atoms with Crippen molar-refractivity contribution in [3.05, 3.63) is 0 Å². The molecule has 14 heavy (non-hydrogen) atoms. The van der Waals surface area contributed by atoms with Crippen molar-refractivity contribution < 1.29 is 4.79 Å². The van der Waals surface area contributed by atoms with Crippen LogP contribution in [-0.2, 0) is 4.79 Å². The Morgan fingerprint density at radius 2 is 1.79 bits per heavy atom. The average molecular weight is 237 g/mol. The van der Waals surface area contributed by atoms with Crippen molar-refractivity contribution in [2.24, 2.45) is 0 Å². The number of rotatable bonds is 2. The number of hydrogen-bond donors (Lipinski definition) is 0. The fourth-order valence-corrected chi connectivity index (χ4v) is 1.04. The maximum Gasteiger partial charge on any atom is 0.222 e. The monoisotopic (exact) mass is 237 g/mol. The second kappa shape index (κ2) is 13.2. The van der Waals surface area contributed by atoms with Crippen LogP contribution in [0.4, 0.5) is 0 Å². The molecule has 0 aliphatic carbocycles. The molecule has 1 fully saturated rings. The zero-order chi connectivity index (χ0) is 11.4. The molecule has 0 saturated carbocycles. The van der Waals surface area contributed by atoms with Crippen LogP contribution in [0.5, 0.6) is 0 Å². The molecule has 0 N–H and O–H groups in total. The van der Waals surface area contributed by atoms with E-state index in [1.807, 2.05) is 25.7 Å². The van der Waals surface area contributed by atoms with Crippen molar-refractivity contribution in [3.63, 3.8) is 0 Å². The minimum absolute atomic E-state index is 0.326. The summed E-state index contributed by atoms with van der Waals surface area (Å²) in [6.45, 7) is 7.89. The molecule has 0 aromatic heterocycles. The summed E-state index contributed by atoms with van der Waals surface area (Å²) >= 11 is 0. The highest BCUT2D eigenvalue weighted by atomic mass is 33.1. The SMILES string of the molecule is CC.CCN1CCCC1=O.CSSC. The van der Waals surface area contributed by atoms with E-state index in [0.29, 0.717) is 5.91 Å². The number of likely N-dealkylation sites (tertiary alicyclic amines) is 1. The number of nitrogens with zero attached hydrogens (tertiary/aromatic N) is 1. The maximum atomic E-state index is 10.7. The number of hydrogen-bond acceptors (Lipinski definition) is 3. The van der Waals surface area contributed by atoms with Gasteiger partial charge in [0.1, 0.15) is 0 Å². The molecule has 0 atom stereocenters. The van der Waals surface area contributed by atoms with Gasteiger partial charge >= 0.3 is 0 Å². The van der Waals surface area contributed by atoms with Crippen LogP contribution >= 0.6 is 21.6 Å². The lowest BCUT2D eigenvalue weighted by Crippen LogP contribution is -2.23. The number of carbonyl (C=O) groups excluding carboxylic acids is 1. The molecule has 2 nitrogen and oxygen atoms in total. The summed E-state index contributed by atoms with van der Waals surface area (Å²) in [5.41, 5.74) is 0. The molecule has 0 spiro atoms. The first-order chi connectivity index (χ1) is 6.76. The van der Waals surface area contributed by atoms with Crippen LogP contribution in [0.3, 0.4) is 0 Å². The molecule has 0 radical (unpaired) electrons. The first-order valence-corrected chi connectivity index (χ1v) is 8.07. The van der Waals surface area contributed by atoms with Gasteiger partial charge in [-0.2, -0.15) is 0 Å². The summed E-state index contributed by atoms with van der Waals surface area (Å²) in [5, 5.41) is 0. The van der Waals surface area contributed by atoms with Crippen molar-refractivity contribution in [2.45, 2.75) is 33.6 Å². The van der Waals surface area contributed by atoms with E-state index < -0.39 is 0 Å². The fourth-order valence-electron chi connectivity index (χ4n) is 1.04. The maximum absolute atomic E-state index is 10.7. The molecule has 4 heteroatoms. The average Bonchev–Trinajstić information content (AvgIpc) is 2.67. The van der Waals surface area contributed by atoms with Crippen LogP contribution in [0.1, 0.15) is 33.6 Å². The molecule has 1 aliphatic rings. The van der Waals surface area contributed by atoms with Gasteiger partial charge in [0, 0.05) is 19.5 Å². The molecule has 1 rings (SSSR count). The Labute approximate surface area is 96.6 Å². The van der Waals surface area contributed by atoms with E-state index in [9.17, 15) is 4.79 Å². The van der Waals surface area contributed by atoms with E-state index in [-0.39, 0.29) is 0 Å². The standard InChI is InChI=1S/C6H11NO.C2H6S2.C2H6/c1-2-7-5-3-4-6(7)8;1-3-4-2;1-2/h2-5H2,1H3;1-2H3;1-2H3. The largest absolute Gasteiger partial charge is 0.343 e. The minimum atomic E-state index is 0.326. The summed E-state index contributed by atoms with van der Waals surface area (Å²) in [6.07, 6.45) is 5.95. The quantitative estimate of drug-likeness (QED) is 0.687. The van der Waals surface area contributed by atoms with Gasteiger partial charge in [0.2, 0.25) is 5.91 Å². The van der Waals surface area contributed by atoms with Gasteiger partial charge < -0.3 is 4.90 Å². The highest BCUT2D eigenvalue weighted by Crippen LogP contribution is 2.09. The van der Waals surface area contributed by atoms with Crippen molar-refractivity contribution in [1.82, 2.24) is 4.90 Å². The lowest BCUT2D eigenvalue weighted by Gasteiger charge is -2.10. The lowest BCUT2D eigenvalue weighted by atomic mass is 10.4. The fraction of sp³-hybridized carbons (Fsp3) is 0.900. The predicted octanol–water partition coefficient (Wildman–Crippen LogP) is 3.28. The molecule has 1 saturated heterocycles. The van der Waals surface area contributed by atoms with Gasteiger partial charge in [0.15, 0.2) is 0 Å². The second-order valence-electron chi connectivity index (χ2n) is 2.41. The summed E-state index contributed by atoms with van der Waals surface area (Å²) in [4.78, 5) is 12.6. The first kappa shape index (κ1) is 16.6. The molecule has 0 aromatic rings. The lowest BCUT2D eigenvalue weighted by molar-refractivity contribution is -0.127. The molecule has 0 bridgehead atoms. The third-order valence-corrected chi connectivity index (χ3v) is 3.05. The zero-order valence-electron chi connectivity index (χ0n) is 10.0. The molecule has 0 aromatic carbocycles. The molecular weight excluding hydrogens is 214 g/mol. The van der Waals surface area contributed by atoms with Gasteiger partial charge in [0.25, 0.3) is 0 Å². The molecule has 1 amide bonds. The first-order valence-electron chi connectivity index (χ1n) is 5.10. The highest BCUT2D eigenvalue weighted by Gasteiger charge is 2.16. The Balaban J connectivity index is 0. The van der Waals surface area contributed by atoms with Crippen molar-refractivity contribution >= 4 is 27.5 Å². The van der Waals surface area contributed by atoms with Crippen molar-refractivity contribution in [2.75, 3.05) is 25.6 Å². The van der Waals surface area contributed by atoms with E-state index in [0.717, 1.165) is 25.9 Å². The Kier molecular flexibility index (Phi) is 15.6. The summed E-state index contributed by atoms with van der Waals surface area (Å²) in [6, 6.07) is 0. The predicted molar refractivity (Wildman–Crippen MR) is 69.9 cm³/mol. The van der Waals surface area contributed by atoms with Crippen LogP contribution in [0.15, 0.2) is 0 Å². The van der Waals surface area contributed by atoms with Crippen molar-refractivity contribution in [1.29, 1.82) is 0 Å². The molecule has 1 aliphatic heterocycles. The summed E-state index contributed by atoms with van der Waals surface area (Å²) < 4.78 is 0. The third-order valence-electron chi connectivity index (χ3n) is 1.72. The van der Waals surface area contributed by atoms with Crippen LogP contribution in [0, 0.1) is 0 Å². The van der Waals surface area contributed by atoms with Crippen LogP contribution in [-0.4, -0.2) is 36.4 Å². The van der Waals surface area contributed by atoms with Gasteiger partial charge in [-0.3, -0.25) is 4.79 Å². The second-order valence-corrected chi connectivity index (χ2v) is 5.08. The third kappa shape index (κ3) is 8.75. The van der Waals surface area contributed by atoms with Gasteiger partial charge in [0.05, 0.1) is 0 Å². The van der Waals surface area contributed by atoms with E-state index in [1.54, 1.807) is 21.6 Å². The Bertz CT molecular complexity index is 129. The summed E-state index contributed by atoms with van der Waals surface area (Å²) in [5.74, 6) is 0.326. The Morgan fingerprint density at radius 1 is 1.29 bits per heavy atom. The van der Waals surface area contributed by atoms with Gasteiger partial charge in [-0.05, 0) is 25.9 Å². The minimum Gasteiger partial charge on any atom is -0.343 e. The van der Waals surface area contributed by atoms with Gasteiger partial charge in [-0.25, -0.2) is 0 Å². The van der Waals surface area contributed by atoms with Crippen LogP contribution < -0.4 is 0 Å². The Morgan fingerprint density at radius 3 is 1.93 bits per heavy atom. The van der Waals surface area contributed by atoms with E-state index in [4.69, 9.17) is 0 Å². The smallest absolute Gasteiger partial charge is 0.222 e. The van der Waals surface area contributed by atoms with E-state index in [1.165, 1.54) is 0 Å². The summed E-state index contributed by atoms with van der Waals surface area (Å²) in [7, 11) is 3.55. The molecule has 86 valence electrons. The molecular formula is C10H23NOS2. The highest BCUT2D eigenvalue weighted by molar-refractivity contribution is 8.76. The Hall–Kier alpha value is 0.170. The zero-order valence-corrected chi connectivity index (χ0v) is 11.6. The van der Waals surface area contributed by atoms with E-state index in [2.05, 4.69) is 12.5 Å². The van der Waals surface area contributed by atoms with E-state index >= 15 is 0 Å². The number of amides is 1. The molecule has 1 heterocycles.